The van der Waals surface area contributed by atoms with Crippen LogP contribution in [0.3, 0.4) is 0 Å². The average molecular weight is 434 g/mol. The zero-order valence-electron chi connectivity index (χ0n) is 17.8. The third-order valence-corrected chi connectivity index (χ3v) is 5.56. The fourth-order valence-corrected chi connectivity index (χ4v) is 3.83. The van der Waals surface area contributed by atoms with E-state index in [0.717, 1.165) is 37.2 Å². The highest BCUT2D eigenvalue weighted by atomic mass is 35.5. The molecule has 6 heteroatoms. The van der Waals surface area contributed by atoms with Gasteiger partial charge in [0, 0.05) is 19.6 Å². The van der Waals surface area contributed by atoms with Crippen molar-refractivity contribution in [3.8, 4) is 5.75 Å². The van der Waals surface area contributed by atoms with E-state index in [4.69, 9.17) is 14.6 Å². The predicted molar refractivity (Wildman–Crippen MR) is 121 cm³/mol. The maximum Gasteiger partial charge on any atom is 0.304 e. The smallest absolute Gasteiger partial charge is 0.304 e. The highest BCUT2D eigenvalue weighted by Crippen LogP contribution is 2.25. The topological polar surface area (TPSA) is 59.0 Å². The van der Waals surface area contributed by atoms with Gasteiger partial charge in [-0.3, -0.25) is 9.69 Å². The van der Waals surface area contributed by atoms with Crippen LogP contribution in [-0.2, 0) is 29.0 Å². The Hall–Kier alpha value is -2.08. The fraction of sp³-hybridized carbons (Fsp3) is 0.458. The monoisotopic (exact) mass is 433 g/mol. The number of halogens is 1. The third kappa shape index (κ3) is 6.46. The molecule has 1 aliphatic heterocycles. The van der Waals surface area contributed by atoms with Gasteiger partial charge in [-0.25, -0.2) is 0 Å². The van der Waals surface area contributed by atoms with Gasteiger partial charge in [-0.05, 0) is 47.2 Å². The summed E-state index contributed by atoms with van der Waals surface area (Å²) in [6.07, 6.45) is 2.14. The fourth-order valence-electron chi connectivity index (χ4n) is 3.83. The van der Waals surface area contributed by atoms with E-state index in [0.29, 0.717) is 19.8 Å². The normalized spacial score (nSPS) is 16.7. The van der Waals surface area contributed by atoms with Gasteiger partial charge in [-0.15, -0.1) is 12.4 Å². The second kappa shape index (κ2) is 11.9. The molecule has 5 nitrogen and oxygen atoms in total. The van der Waals surface area contributed by atoms with E-state index in [-0.39, 0.29) is 24.9 Å². The molecule has 0 saturated carbocycles. The van der Waals surface area contributed by atoms with E-state index in [9.17, 15) is 4.79 Å². The summed E-state index contributed by atoms with van der Waals surface area (Å²) in [5.41, 5.74) is 5.09. The molecule has 1 fully saturated rings. The van der Waals surface area contributed by atoms with Crippen LogP contribution in [0, 0.1) is 0 Å². The molecule has 1 saturated heterocycles. The molecule has 3 rings (SSSR count). The number of aliphatic carboxylic acids is 1. The molecule has 2 aromatic carbocycles. The van der Waals surface area contributed by atoms with Crippen LogP contribution in [0.15, 0.2) is 42.5 Å². The lowest BCUT2D eigenvalue weighted by Crippen LogP contribution is -2.39. The summed E-state index contributed by atoms with van der Waals surface area (Å²) >= 11 is 0. The molecule has 0 bridgehead atoms. The molecule has 1 atom stereocenters. The Morgan fingerprint density at radius 1 is 1.13 bits per heavy atom. The van der Waals surface area contributed by atoms with Crippen molar-refractivity contribution < 1.29 is 19.4 Å². The molecule has 164 valence electrons. The van der Waals surface area contributed by atoms with Crippen LogP contribution in [0.1, 0.15) is 48.6 Å². The number of morpholine rings is 1. The molecule has 0 radical (unpaired) electrons. The number of hydrogen-bond acceptors (Lipinski definition) is 4. The summed E-state index contributed by atoms with van der Waals surface area (Å²) < 4.78 is 12.0. The zero-order valence-corrected chi connectivity index (χ0v) is 18.6. The molecule has 0 aliphatic carbocycles. The van der Waals surface area contributed by atoms with Crippen LogP contribution in [-0.4, -0.2) is 42.2 Å². The second-order valence-corrected chi connectivity index (χ2v) is 7.42. The van der Waals surface area contributed by atoms with Crippen molar-refractivity contribution in [3.05, 3.63) is 64.7 Å². The molecular formula is C24H32ClNO4. The number of aryl methyl sites for hydroxylation is 2. The van der Waals surface area contributed by atoms with Crippen molar-refractivity contribution in [2.24, 2.45) is 0 Å². The van der Waals surface area contributed by atoms with Gasteiger partial charge in [0.25, 0.3) is 0 Å². The quantitative estimate of drug-likeness (QED) is 0.623. The molecule has 0 amide bonds. The van der Waals surface area contributed by atoms with E-state index < -0.39 is 5.97 Å². The number of benzene rings is 2. The first-order valence-electron chi connectivity index (χ1n) is 10.5. The summed E-state index contributed by atoms with van der Waals surface area (Å²) in [4.78, 5) is 13.0. The van der Waals surface area contributed by atoms with Crippen LogP contribution in [0.25, 0.3) is 0 Å². The molecule has 1 unspecified atom stereocenters. The first kappa shape index (κ1) is 24.2. The summed E-state index contributed by atoms with van der Waals surface area (Å²) in [6.45, 7) is 7.62. The molecule has 30 heavy (non-hydrogen) atoms. The number of carboxylic acid groups (broad SMARTS) is 1. The number of carboxylic acids is 1. The third-order valence-electron chi connectivity index (χ3n) is 5.56. The van der Waals surface area contributed by atoms with Gasteiger partial charge >= 0.3 is 5.97 Å². The van der Waals surface area contributed by atoms with Crippen molar-refractivity contribution >= 4 is 18.4 Å². The minimum absolute atomic E-state index is 0. The molecule has 1 heterocycles. The lowest BCUT2D eigenvalue weighted by atomic mass is 9.98. The minimum atomic E-state index is -0.759. The van der Waals surface area contributed by atoms with E-state index in [2.05, 4.69) is 36.9 Å². The van der Waals surface area contributed by atoms with Crippen molar-refractivity contribution in [3.63, 3.8) is 0 Å². The molecule has 0 spiro atoms. The maximum atomic E-state index is 10.8. The van der Waals surface area contributed by atoms with E-state index in [1.54, 1.807) is 0 Å². The van der Waals surface area contributed by atoms with E-state index >= 15 is 0 Å². The Morgan fingerprint density at radius 3 is 2.40 bits per heavy atom. The number of ether oxygens (including phenoxy) is 2. The van der Waals surface area contributed by atoms with E-state index in [1.807, 2.05) is 24.3 Å². The lowest BCUT2D eigenvalue weighted by Gasteiger charge is -2.32. The Morgan fingerprint density at radius 2 is 1.80 bits per heavy atom. The highest BCUT2D eigenvalue weighted by Gasteiger charge is 2.22. The molecule has 0 aromatic heterocycles. The molecule has 2 aromatic rings. The standard InChI is InChI=1S/C24H31NO4.ClH/c1-3-18-6-5-7-19(4-2)22(18)17-29-21-10-8-20(9-11-21)23-16-25(14-15-28-23)13-12-24(26)27;/h5-11,23H,3-4,12-17H2,1-2H3,(H,26,27);1H. The summed E-state index contributed by atoms with van der Waals surface area (Å²) in [6, 6.07) is 14.6. The molecular weight excluding hydrogens is 402 g/mol. The SMILES string of the molecule is CCc1cccc(CC)c1COc1ccc(C2CN(CCC(=O)O)CCO2)cc1.Cl. The van der Waals surface area contributed by atoms with Crippen molar-refractivity contribution in [1.29, 1.82) is 0 Å². The van der Waals surface area contributed by atoms with Crippen molar-refractivity contribution in [2.75, 3.05) is 26.2 Å². The average Bonchev–Trinajstić information content (AvgIpc) is 2.76. The Bertz CT molecular complexity index is 787. The van der Waals surface area contributed by atoms with Crippen LogP contribution in [0.5, 0.6) is 5.75 Å². The van der Waals surface area contributed by atoms with Gasteiger partial charge in [0.1, 0.15) is 12.4 Å². The van der Waals surface area contributed by atoms with Gasteiger partial charge in [0.2, 0.25) is 0 Å². The van der Waals surface area contributed by atoms with Crippen LogP contribution >= 0.6 is 12.4 Å². The first-order valence-corrected chi connectivity index (χ1v) is 10.5. The zero-order chi connectivity index (χ0) is 20.6. The predicted octanol–water partition coefficient (Wildman–Crippen LogP) is 4.66. The number of carbonyl (C=O) groups is 1. The number of rotatable bonds is 9. The van der Waals surface area contributed by atoms with Gasteiger partial charge in [0.15, 0.2) is 0 Å². The van der Waals surface area contributed by atoms with Gasteiger partial charge in [0.05, 0.1) is 19.1 Å². The Balaban J connectivity index is 0.00000320. The van der Waals surface area contributed by atoms with Crippen molar-refractivity contribution in [2.45, 2.75) is 45.8 Å². The Kier molecular flexibility index (Phi) is 9.63. The number of nitrogens with zero attached hydrogens (tertiary/aromatic N) is 1. The van der Waals surface area contributed by atoms with Crippen LogP contribution < -0.4 is 4.74 Å². The van der Waals surface area contributed by atoms with Gasteiger partial charge < -0.3 is 14.6 Å². The largest absolute Gasteiger partial charge is 0.489 e. The summed E-state index contributed by atoms with van der Waals surface area (Å²) in [7, 11) is 0. The highest BCUT2D eigenvalue weighted by molar-refractivity contribution is 5.85. The van der Waals surface area contributed by atoms with Gasteiger partial charge in [-0.2, -0.15) is 0 Å². The second-order valence-electron chi connectivity index (χ2n) is 7.42. The minimum Gasteiger partial charge on any atom is -0.489 e. The Labute approximate surface area is 185 Å². The van der Waals surface area contributed by atoms with Crippen LogP contribution in [0.4, 0.5) is 0 Å². The summed E-state index contributed by atoms with van der Waals surface area (Å²) in [5, 5.41) is 8.88. The lowest BCUT2D eigenvalue weighted by molar-refractivity contribution is -0.137. The first-order chi connectivity index (χ1) is 14.1. The van der Waals surface area contributed by atoms with Crippen molar-refractivity contribution in [1.82, 2.24) is 4.90 Å². The maximum absolute atomic E-state index is 10.8. The molecule has 1 N–H and O–H groups in total. The summed E-state index contributed by atoms with van der Waals surface area (Å²) in [5.74, 6) is 0.0886. The van der Waals surface area contributed by atoms with Crippen LogP contribution in [0.2, 0.25) is 0 Å². The van der Waals surface area contributed by atoms with E-state index in [1.165, 1.54) is 16.7 Å². The molecule has 1 aliphatic rings. The van der Waals surface area contributed by atoms with Gasteiger partial charge in [-0.1, -0.05) is 44.2 Å². The number of hydrogen-bond donors (Lipinski definition) is 1.